The Bertz CT molecular complexity index is 1210. The van der Waals surface area contributed by atoms with Gasteiger partial charge in [-0.3, -0.25) is 20.0 Å². The van der Waals surface area contributed by atoms with Crippen LogP contribution in [0.1, 0.15) is 10.5 Å². The van der Waals surface area contributed by atoms with E-state index in [2.05, 4.69) is 25.6 Å². The molecule has 0 aliphatic rings. The molecule has 0 aliphatic carbocycles. The fourth-order valence-electron chi connectivity index (χ4n) is 2.68. The van der Waals surface area contributed by atoms with Crippen molar-refractivity contribution >= 4 is 22.6 Å². The molecule has 0 unspecified atom stereocenters. The number of rotatable bonds is 3. The lowest BCUT2D eigenvalue weighted by molar-refractivity contribution is 0.102. The second-order valence-electron chi connectivity index (χ2n) is 5.79. The van der Waals surface area contributed by atoms with E-state index in [0.717, 1.165) is 4.68 Å². The highest BCUT2D eigenvalue weighted by Crippen LogP contribution is 2.18. The SMILES string of the molecule is Cn1nc(C(=O)Nc2n[nH]c(-c3ccc(F)cc3)n2)c2ccccc2c1=O. The molecule has 2 N–H and O–H groups in total. The molecule has 0 fully saturated rings. The van der Waals surface area contributed by atoms with Crippen LogP contribution in [0.3, 0.4) is 0 Å². The number of hydrogen-bond acceptors (Lipinski definition) is 5. The summed E-state index contributed by atoms with van der Waals surface area (Å²) in [6.45, 7) is 0. The van der Waals surface area contributed by atoms with Gasteiger partial charge in [0.1, 0.15) is 5.82 Å². The number of carbonyl (C=O) groups is 1. The van der Waals surface area contributed by atoms with Crippen LogP contribution in [0.5, 0.6) is 0 Å². The molecule has 0 radical (unpaired) electrons. The van der Waals surface area contributed by atoms with Crippen molar-refractivity contribution in [3.8, 4) is 11.4 Å². The van der Waals surface area contributed by atoms with Crippen LogP contribution in [0.15, 0.2) is 53.3 Å². The van der Waals surface area contributed by atoms with E-state index in [-0.39, 0.29) is 23.0 Å². The lowest BCUT2D eigenvalue weighted by Crippen LogP contribution is -2.25. The molecule has 4 aromatic rings. The number of aromatic amines is 1. The van der Waals surface area contributed by atoms with E-state index in [1.165, 1.54) is 19.2 Å². The van der Waals surface area contributed by atoms with Crippen LogP contribution in [-0.2, 0) is 7.05 Å². The molecular formula is C18H13FN6O2. The number of fused-ring (bicyclic) bond motifs is 1. The van der Waals surface area contributed by atoms with Crippen molar-refractivity contribution in [2.75, 3.05) is 5.32 Å². The average Bonchev–Trinajstić information content (AvgIpc) is 3.13. The normalized spacial score (nSPS) is 10.9. The number of H-pyrrole nitrogens is 1. The molecule has 0 spiro atoms. The second-order valence-corrected chi connectivity index (χ2v) is 5.79. The molecule has 0 saturated carbocycles. The second kappa shape index (κ2) is 6.45. The zero-order chi connectivity index (χ0) is 19.0. The summed E-state index contributed by atoms with van der Waals surface area (Å²) < 4.78 is 14.1. The van der Waals surface area contributed by atoms with Crippen molar-refractivity contribution in [1.29, 1.82) is 0 Å². The van der Waals surface area contributed by atoms with Crippen molar-refractivity contribution in [2.45, 2.75) is 0 Å². The number of amides is 1. The first-order valence-electron chi connectivity index (χ1n) is 7.98. The van der Waals surface area contributed by atoms with E-state index in [0.29, 0.717) is 22.2 Å². The first kappa shape index (κ1) is 16.6. The van der Waals surface area contributed by atoms with Crippen LogP contribution in [-0.4, -0.2) is 30.9 Å². The maximum absolute atomic E-state index is 13.0. The predicted octanol–water partition coefficient (Wildman–Crippen LogP) is 2.11. The molecule has 27 heavy (non-hydrogen) atoms. The summed E-state index contributed by atoms with van der Waals surface area (Å²) in [7, 11) is 1.48. The van der Waals surface area contributed by atoms with Crippen LogP contribution >= 0.6 is 0 Å². The van der Waals surface area contributed by atoms with Gasteiger partial charge in [0, 0.05) is 18.0 Å². The van der Waals surface area contributed by atoms with E-state index in [9.17, 15) is 14.0 Å². The quantitative estimate of drug-likeness (QED) is 0.579. The highest BCUT2D eigenvalue weighted by Gasteiger charge is 2.17. The molecule has 1 amide bonds. The number of halogens is 1. The van der Waals surface area contributed by atoms with Gasteiger partial charge in [-0.2, -0.15) is 10.1 Å². The molecule has 134 valence electrons. The Morgan fingerprint density at radius 2 is 1.81 bits per heavy atom. The number of nitrogens with zero attached hydrogens (tertiary/aromatic N) is 4. The minimum Gasteiger partial charge on any atom is -0.288 e. The van der Waals surface area contributed by atoms with Gasteiger partial charge in [0.25, 0.3) is 11.5 Å². The average molecular weight is 364 g/mol. The molecule has 0 bridgehead atoms. The first-order valence-corrected chi connectivity index (χ1v) is 7.98. The van der Waals surface area contributed by atoms with E-state index >= 15 is 0 Å². The maximum Gasteiger partial charge on any atom is 0.279 e. The summed E-state index contributed by atoms with van der Waals surface area (Å²) in [6.07, 6.45) is 0. The van der Waals surface area contributed by atoms with E-state index in [4.69, 9.17) is 0 Å². The summed E-state index contributed by atoms with van der Waals surface area (Å²) in [4.78, 5) is 29.0. The van der Waals surface area contributed by atoms with E-state index in [1.54, 1.807) is 36.4 Å². The summed E-state index contributed by atoms with van der Waals surface area (Å²) >= 11 is 0. The smallest absolute Gasteiger partial charge is 0.279 e. The van der Waals surface area contributed by atoms with Gasteiger partial charge in [-0.15, -0.1) is 5.10 Å². The maximum atomic E-state index is 13.0. The molecule has 0 atom stereocenters. The highest BCUT2D eigenvalue weighted by atomic mass is 19.1. The molecule has 2 aromatic heterocycles. The number of anilines is 1. The van der Waals surface area contributed by atoms with Gasteiger partial charge >= 0.3 is 0 Å². The van der Waals surface area contributed by atoms with Crippen molar-refractivity contribution in [3.63, 3.8) is 0 Å². The van der Waals surface area contributed by atoms with Gasteiger partial charge in [0.05, 0.1) is 5.39 Å². The topological polar surface area (TPSA) is 106 Å². The van der Waals surface area contributed by atoms with Gasteiger partial charge in [-0.1, -0.05) is 18.2 Å². The van der Waals surface area contributed by atoms with E-state index in [1.807, 2.05) is 0 Å². The third kappa shape index (κ3) is 3.06. The molecule has 4 rings (SSSR count). The van der Waals surface area contributed by atoms with Crippen molar-refractivity contribution in [2.24, 2.45) is 7.05 Å². The minimum absolute atomic E-state index is 0.0408. The molecular weight excluding hydrogens is 351 g/mol. The number of hydrogen-bond donors (Lipinski definition) is 2. The van der Waals surface area contributed by atoms with Crippen LogP contribution < -0.4 is 10.9 Å². The largest absolute Gasteiger partial charge is 0.288 e. The van der Waals surface area contributed by atoms with Crippen molar-refractivity contribution in [1.82, 2.24) is 25.0 Å². The van der Waals surface area contributed by atoms with Crippen LogP contribution in [0.4, 0.5) is 10.3 Å². The molecule has 9 heteroatoms. The highest BCUT2D eigenvalue weighted by molar-refractivity contribution is 6.10. The molecule has 0 aliphatic heterocycles. The number of benzene rings is 2. The first-order chi connectivity index (χ1) is 13.0. The number of nitrogens with one attached hydrogen (secondary N) is 2. The Hall–Kier alpha value is -3.88. The van der Waals surface area contributed by atoms with Gasteiger partial charge in [0.2, 0.25) is 5.95 Å². The fraction of sp³-hybridized carbons (Fsp3) is 0.0556. The molecule has 2 heterocycles. The molecule has 8 nitrogen and oxygen atoms in total. The number of carbonyl (C=O) groups excluding carboxylic acids is 1. The molecule has 2 aromatic carbocycles. The van der Waals surface area contributed by atoms with Crippen molar-refractivity contribution < 1.29 is 9.18 Å². The Balaban J connectivity index is 1.66. The van der Waals surface area contributed by atoms with Gasteiger partial charge in [0.15, 0.2) is 11.5 Å². The Morgan fingerprint density at radius 1 is 1.11 bits per heavy atom. The number of aryl methyl sites for hydroxylation is 1. The minimum atomic E-state index is -0.550. The zero-order valence-electron chi connectivity index (χ0n) is 14.1. The zero-order valence-corrected chi connectivity index (χ0v) is 14.1. The third-order valence-electron chi connectivity index (χ3n) is 4.00. The van der Waals surface area contributed by atoms with Gasteiger partial charge in [-0.05, 0) is 30.3 Å². The Kier molecular flexibility index (Phi) is 3.96. The van der Waals surface area contributed by atoms with Crippen molar-refractivity contribution in [3.05, 3.63) is 70.4 Å². The Morgan fingerprint density at radius 3 is 2.56 bits per heavy atom. The van der Waals surface area contributed by atoms with Gasteiger partial charge < -0.3 is 0 Å². The predicted molar refractivity (Wildman–Crippen MR) is 96.7 cm³/mol. The van der Waals surface area contributed by atoms with Crippen LogP contribution in [0.25, 0.3) is 22.2 Å². The lowest BCUT2D eigenvalue weighted by Gasteiger charge is -2.07. The van der Waals surface area contributed by atoms with Crippen LogP contribution in [0, 0.1) is 5.82 Å². The monoisotopic (exact) mass is 364 g/mol. The Labute approximate surface area is 151 Å². The summed E-state index contributed by atoms with van der Waals surface area (Å²) in [5, 5.41) is 14.1. The van der Waals surface area contributed by atoms with Crippen LogP contribution in [0.2, 0.25) is 0 Å². The fourth-order valence-corrected chi connectivity index (χ4v) is 2.68. The summed E-state index contributed by atoms with van der Waals surface area (Å²) in [5.41, 5.74) is 0.412. The third-order valence-corrected chi connectivity index (χ3v) is 4.00. The van der Waals surface area contributed by atoms with E-state index < -0.39 is 5.91 Å². The van der Waals surface area contributed by atoms with Gasteiger partial charge in [-0.25, -0.2) is 9.07 Å². The molecule has 0 saturated heterocycles. The summed E-state index contributed by atoms with van der Waals surface area (Å²) in [5.74, 6) is -0.492. The lowest BCUT2D eigenvalue weighted by atomic mass is 10.1. The summed E-state index contributed by atoms with van der Waals surface area (Å²) in [6, 6.07) is 12.4. The number of aromatic nitrogens is 5. The standard InChI is InChI=1S/C18H13FN6O2/c1-25-17(27)13-5-3-2-4-12(13)14(24-25)16(26)21-18-20-15(22-23-18)10-6-8-11(19)9-7-10/h2-9H,1H3,(H2,20,21,22,23,26).